The van der Waals surface area contributed by atoms with Crippen LogP contribution in [0.5, 0.6) is 0 Å². The van der Waals surface area contributed by atoms with E-state index in [1.54, 1.807) is 6.08 Å². The van der Waals surface area contributed by atoms with Crippen molar-refractivity contribution in [1.82, 2.24) is 5.06 Å². The average molecular weight is 184 g/mol. The number of rotatable bonds is 3. The third-order valence-electron chi connectivity index (χ3n) is 2.48. The van der Waals surface area contributed by atoms with Crippen molar-refractivity contribution in [2.75, 3.05) is 0 Å². The van der Waals surface area contributed by atoms with Gasteiger partial charge in [-0.2, -0.15) is 5.06 Å². The Balaban J connectivity index is 2.86. The van der Waals surface area contributed by atoms with Crippen LogP contribution in [0, 0.1) is 0 Å². The van der Waals surface area contributed by atoms with E-state index in [0.29, 0.717) is 12.0 Å². The van der Waals surface area contributed by atoms with Crippen molar-refractivity contribution in [1.29, 1.82) is 0 Å². The maximum atomic E-state index is 11.0. The molecule has 0 saturated heterocycles. The molecule has 3 N–H and O–H groups in total. The van der Waals surface area contributed by atoms with Gasteiger partial charge in [0.1, 0.15) is 0 Å². The Morgan fingerprint density at radius 3 is 2.54 bits per heavy atom. The first-order valence-corrected chi connectivity index (χ1v) is 4.60. The quantitative estimate of drug-likeness (QED) is 0.677. The summed E-state index contributed by atoms with van der Waals surface area (Å²) in [6, 6.07) is -0.283. The van der Waals surface area contributed by atoms with E-state index in [-0.39, 0.29) is 12.1 Å². The number of primary amides is 1. The standard InChI is InChI=1S/C9H16N2O2/c1-3-6-5-7(9(10)12)8(4-2)11(6)13/h5-6,8,13H,3-4H2,1-2H3,(H2,10,12). The van der Waals surface area contributed by atoms with Crippen LogP contribution in [0.2, 0.25) is 0 Å². The molecule has 1 rings (SSSR count). The number of hydrogen-bond donors (Lipinski definition) is 2. The molecule has 4 heteroatoms. The Bertz CT molecular complexity index is 238. The maximum Gasteiger partial charge on any atom is 0.246 e. The van der Waals surface area contributed by atoms with E-state index in [1.165, 1.54) is 5.06 Å². The summed E-state index contributed by atoms with van der Waals surface area (Å²) in [4.78, 5) is 11.0. The van der Waals surface area contributed by atoms with Crippen LogP contribution in [0.1, 0.15) is 26.7 Å². The number of carbonyl (C=O) groups is 1. The summed E-state index contributed by atoms with van der Waals surface area (Å²) in [5, 5.41) is 10.9. The van der Waals surface area contributed by atoms with Crippen molar-refractivity contribution < 1.29 is 10.0 Å². The second-order valence-corrected chi connectivity index (χ2v) is 3.27. The summed E-state index contributed by atoms with van der Waals surface area (Å²) in [6.45, 7) is 3.88. The van der Waals surface area contributed by atoms with Crippen molar-refractivity contribution in [3.05, 3.63) is 11.6 Å². The summed E-state index contributed by atoms with van der Waals surface area (Å²) < 4.78 is 0. The predicted molar refractivity (Wildman–Crippen MR) is 49.1 cm³/mol. The van der Waals surface area contributed by atoms with E-state index < -0.39 is 5.91 Å². The minimum absolute atomic E-state index is 0.0625. The summed E-state index contributed by atoms with van der Waals surface area (Å²) in [6.07, 6.45) is 3.24. The maximum absolute atomic E-state index is 11.0. The van der Waals surface area contributed by atoms with Crippen molar-refractivity contribution in [2.24, 2.45) is 5.73 Å². The molecule has 1 amide bonds. The molecule has 13 heavy (non-hydrogen) atoms. The molecule has 0 bridgehead atoms. The lowest BCUT2D eigenvalue weighted by Gasteiger charge is -2.22. The molecular formula is C9H16N2O2. The van der Waals surface area contributed by atoms with Crippen LogP contribution >= 0.6 is 0 Å². The van der Waals surface area contributed by atoms with Gasteiger partial charge in [0.15, 0.2) is 0 Å². The number of amides is 1. The van der Waals surface area contributed by atoms with Crippen LogP contribution in [0.4, 0.5) is 0 Å². The van der Waals surface area contributed by atoms with E-state index in [4.69, 9.17) is 5.73 Å². The van der Waals surface area contributed by atoms with Gasteiger partial charge in [-0.1, -0.05) is 19.9 Å². The normalized spacial score (nSPS) is 29.0. The Morgan fingerprint density at radius 1 is 1.62 bits per heavy atom. The first-order chi connectivity index (χ1) is 6.11. The third-order valence-corrected chi connectivity index (χ3v) is 2.48. The van der Waals surface area contributed by atoms with Crippen LogP contribution < -0.4 is 5.73 Å². The summed E-state index contributed by atoms with van der Waals surface area (Å²) in [5.74, 6) is -0.429. The van der Waals surface area contributed by atoms with Crippen molar-refractivity contribution in [2.45, 2.75) is 38.8 Å². The van der Waals surface area contributed by atoms with Crippen LogP contribution in [0.3, 0.4) is 0 Å². The minimum Gasteiger partial charge on any atom is -0.366 e. The van der Waals surface area contributed by atoms with Crippen LogP contribution in [0.15, 0.2) is 11.6 Å². The van der Waals surface area contributed by atoms with Gasteiger partial charge in [0.2, 0.25) is 5.91 Å². The molecule has 2 unspecified atom stereocenters. The number of hydrogen-bond acceptors (Lipinski definition) is 3. The lowest BCUT2D eigenvalue weighted by Crippen LogP contribution is -2.36. The molecule has 1 aliphatic heterocycles. The molecule has 0 spiro atoms. The van der Waals surface area contributed by atoms with Gasteiger partial charge in [0.05, 0.1) is 12.1 Å². The Morgan fingerprint density at radius 2 is 2.23 bits per heavy atom. The Kier molecular flexibility index (Phi) is 3.06. The molecule has 2 atom stereocenters. The van der Waals surface area contributed by atoms with Gasteiger partial charge in [-0.05, 0) is 12.8 Å². The topological polar surface area (TPSA) is 66.6 Å². The Hall–Kier alpha value is -0.870. The van der Waals surface area contributed by atoms with Crippen LogP contribution in [0.25, 0.3) is 0 Å². The molecule has 0 aliphatic carbocycles. The zero-order valence-electron chi connectivity index (χ0n) is 8.03. The molecule has 1 heterocycles. The molecule has 0 aromatic heterocycles. The number of nitrogens with zero attached hydrogens (tertiary/aromatic N) is 1. The van der Waals surface area contributed by atoms with Gasteiger partial charge >= 0.3 is 0 Å². The van der Waals surface area contributed by atoms with Gasteiger partial charge in [0.25, 0.3) is 0 Å². The number of hydroxylamine groups is 2. The number of nitrogens with two attached hydrogens (primary N) is 1. The molecule has 4 nitrogen and oxygen atoms in total. The van der Waals surface area contributed by atoms with E-state index in [0.717, 1.165) is 6.42 Å². The second kappa shape index (κ2) is 3.89. The zero-order valence-corrected chi connectivity index (χ0v) is 8.03. The van der Waals surface area contributed by atoms with Crippen molar-refractivity contribution in [3.8, 4) is 0 Å². The fraction of sp³-hybridized carbons (Fsp3) is 0.667. The third kappa shape index (κ3) is 1.73. The smallest absolute Gasteiger partial charge is 0.246 e. The Labute approximate surface area is 78.0 Å². The van der Waals surface area contributed by atoms with E-state index >= 15 is 0 Å². The highest BCUT2D eigenvalue weighted by atomic mass is 16.5. The molecule has 0 aromatic carbocycles. The summed E-state index contributed by atoms with van der Waals surface area (Å²) in [7, 11) is 0. The highest BCUT2D eigenvalue weighted by Crippen LogP contribution is 2.25. The molecule has 0 radical (unpaired) electrons. The summed E-state index contributed by atoms with van der Waals surface area (Å²) >= 11 is 0. The van der Waals surface area contributed by atoms with E-state index in [2.05, 4.69) is 0 Å². The number of carbonyl (C=O) groups excluding carboxylic acids is 1. The van der Waals surface area contributed by atoms with Gasteiger partial charge in [-0.15, -0.1) is 0 Å². The van der Waals surface area contributed by atoms with Crippen LogP contribution in [-0.2, 0) is 4.79 Å². The molecular weight excluding hydrogens is 168 g/mol. The SMILES string of the molecule is CCC1C=C(C(N)=O)C(CC)N1O. The predicted octanol–water partition coefficient (Wildman–Crippen LogP) is 0.660. The molecule has 0 aromatic rings. The highest BCUT2D eigenvalue weighted by Gasteiger charge is 2.33. The first kappa shape index (κ1) is 10.2. The monoisotopic (exact) mass is 184 g/mol. The first-order valence-electron chi connectivity index (χ1n) is 4.60. The van der Waals surface area contributed by atoms with Crippen molar-refractivity contribution in [3.63, 3.8) is 0 Å². The molecule has 0 saturated carbocycles. The zero-order chi connectivity index (χ0) is 10.0. The average Bonchev–Trinajstić information content (AvgIpc) is 2.42. The van der Waals surface area contributed by atoms with E-state index in [9.17, 15) is 10.0 Å². The fourth-order valence-corrected chi connectivity index (χ4v) is 1.73. The molecule has 1 aliphatic rings. The lowest BCUT2D eigenvalue weighted by molar-refractivity contribution is -0.133. The summed E-state index contributed by atoms with van der Waals surface area (Å²) in [5.41, 5.74) is 5.74. The fourth-order valence-electron chi connectivity index (χ4n) is 1.73. The van der Waals surface area contributed by atoms with E-state index in [1.807, 2.05) is 13.8 Å². The highest BCUT2D eigenvalue weighted by molar-refractivity contribution is 5.93. The van der Waals surface area contributed by atoms with Gasteiger partial charge in [-0.25, -0.2) is 0 Å². The molecule has 0 fully saturated rings. The minimum atomic E-state index is -0.429. The van der Waals surface area contributed by atoms with Crippen LogP contribution in [-0.4, -0.2) is 28.3 Å². The lowest BCUT2D eigenvalue weighted by atomic mass is 10.1. The van der Waals surface area contributed by atoms with Crippen molar-refractivity contribution >= 4 is 5.91 Å². The van der Waals surface area contributed by atoms with Gasteiger partial charge in [-0.3, -0.25) is 4.79 Å². The van der Waals surface area contributed by atoms with Gasteiger partial charge < -0.3 is 10.9 Å². The van der Waals surface area contributed by atoms with Gasteiger partial charge in [0, 0.05) is 5.57 Å². The second-order valence-electron chi connectivity index (χ2n) is 3.27. The molecule has 74 valence electrons. The largest absolute Gasteiger partial charge is 0.366 e.